The molecule has 2 nitrogen and oxygen atoms in total. The van der Waals surface area contributed by atoms with Gasteiger partial charge in [-0.25, -0.2) is 0 Å². The standard InChI is InChI=1S/C16H25Cl2NO/c1-4-7-16(2,12-19-8-9-20-3)11-13-10-14(17)5-6-15(13)18/h5-6,10,19H,4,7-9,11-12H2,1-3H3. The number of hydrogen-bond donors (Lipinski definition) is 1. The Morgan fingerprint density at radius 1 is 1.30 bits per heavy atom. The predicted octanol–water partition coefficient (Wildman–Crippen LogP) is 4.58. The molecule has 0 bridgehead atoms. The largest absolute Gasteiger partial charge is 0.383 e. The highest BCUT2D eigenvalue weighted by Crippen LogP contribution is 2.32. The first-order valence-corrected chi connectivity index (χ1v) is 7.90. The number of methoxy groups -OCH3 is 1. The van der Waals surface area contributed by atoms with E-state index in [-0.39, 0.29) is 5.41 Å². The maximum absolute atomic E-state index is 6.29. The van der Waals surface area contributed by atoms with Crippen LogP contribution in [0, 0.1) is 5.41 Å². The zero-order valence-electron chi connectivity index (χ0n) is 12.6. The van der Waals surface area contributed by atoms with Gasteiger partial charge in [0, 0.05) is 30.2 Å². The van der Waals surface area contributed by atoms with Gasteiger partial charge in [0.1, 0.15) is 0 Å². The van der Waals surface area contributed by atoms with Gasteiger partial charge in [-0.15, -0.1) is 0 Å². The van der Waals surface area contributed by atoms with E-state index in [1.165, 1.54) is 0 Å². The second kappa shape index (κ2) is 8.89. The number of hydrogen-bond acceptors (Lipinski definition) is 2. The normalized spacial score (nSPS) is 14.2. The van der Waals surface area contributed by atoms with E-state index >= 15 is 0 Å². The van der Waals surface area contributed by atoms with Crippen LogP contribution in [0.15, 0.2) is 18.2 Å². The van der Waals surface area contributed by atoms with Crippen molar-refractivity contribution in [3.63, 3.8) is 0 Å². The van der Waals surface area contributed by atoms with Crippen molar-refractivity contribution >= 4 is 23.2 Å². The number of rotatable bonds is 9. The summed E-state index contributed by atoms with van der Waals surface area (Å²) in [5.74, 6) is 0. The molecule has 0 amide bonds. The summed E-state index contributed by atoms with van der Waals surface area (Å²) in [6, 6.07) is 5.69. The molecule has 0 aliphatic heterocycles. The molecule has 114 valence electrons. The van der Waals surface area contributed by atoms with Crippen molar-refractivity contribution in [3.05, 3.63) is 33.8 Å². The van der Waals surface area contributed by atoms with E-state index in [0.29, 0.717) is 0 Å². The maximum Gasteiger partial charge on any atom is 0.0587 e. The van der Waals surface area contributed by atoms with E-state index in [1.807, 2.05) is 18.2 Å². The van der Waals surface area contributed by atoms with E-state index in [0.717, 1.165) is 54.6 Å². The Kier molecular flexibility index (Phi) is 7.90. The van der Waals surface area contributed by atoms with Crippen LogP contribution in [0.25, 0.3) is 0 Å². The second-order valence-electron chi connectivity index (χ2n) is 5.64. The lowest BCUT2D eigenvalue weighted by Crippen LogP contribution is -2.35. The van der Waals surface area contributed by atoms with Gasteiger partial charge in [0.15, 0.2) is 0 Å². The molecule has 0 aromatic heterocycles. The number of nitrogens with one attached hydrogen (secondary N) is 1. The molecule has 1 unspecified atom stereocenters. The Bertz CT molecular complexity index is 411. The molecule has 0 radical (unpaired) electrons. The second-order valence-corrected chi connectivity index (χ2v) is 6.49. The molecule has 0 heterocycles. The topological polar surface area (TPSA) is 21.3 Å². The number of ether oxygens (including phenoxy) is 1. The quantitative estimate of drug-likeness (QED) is 0.673. The van der Waals surface area contributed by atoms with Gasteiger partial charge < -0.3 is 10.1 Å². The molecule has 0 saturated carbocycles. The third kappa shape index (κ3) is 6.01. The van der Waals surface area contributed by atoms with Crippen LogP contribution in [0.4, 0.5) is 0 Å². The summed E-state index contributed by atoms with van der Waals surface area (Å²) in [6.07, 6.45) is 3.23. The molecule has 1 atom stereocenters. The highest BCUT2D eigenvalue weighted by atomic mass is 35.5. The lowest BCUT2D eigenvalue weighted by atomic mass is 9.79. The van der Waals surface area contributed by atoms with Crippen molar-refractivity contribution in [3.8, 4) is 0 Å². The lowest BCUT2D eigenvalue weighted by molar-refractivity contribution is 0.190. The smallest absolute Gasteiger partial charge is 0.0587 e. The summed E-state index contributed by atoms with van der Waals surface area (Å²) in [4.78, 5) is 0. The van der Waals surface area contributed by atoms with Crippen LogP contribution in [-0.2, 0) is 11.2 Å². The molecular formula is C16H25Cl2NO. The van der Waals surface area contributed by atoms with Crippen LogP contribution in [0.3, 0.4) is 0 Å². The summed E-state index contributed by atoms with van der Waals surface area (Å²) in [5.41, 5.74) is 1.31. The highest BCUT2D eigenvalue weighted by Gasteiger charge is 2.24. The van der Waals surface area contributed by atoms with Gasteiger partial charge >= 0.3 is 0 Å². The minimum atomic E-state index is 0.177. The minimum Gasteiger partial charge on any atom is -0.383 e. The minimum absolute atomic E-state index is 0.177. The van der Waals surface area contributed by atoms with Crippen molar-refractivity contribution in [1.82, 2.24) is 5.32 Å². The number of benzene rings is 1. The van der Waals surface area contributed by atoms with Gasteiger partial charge in [0.2, 0.25) is 0 Å². The molecule has 4 heteroatoms. The van der Waals surface area contributed by atoms with Gasteiger partial charge in [-0.05, 0) is 42.0 Å². The Morgan fingerprint density at radius 2 is 2.05 bits per heavy atom. The molecule has 0 aliphatic rings. The average molecular weight is 318 g/mol. The van der Waals surface area contributed by atoms with Crippen LogP contribution in [0.2, 0.25) is 10.0 Å². The van der Waals surface area contributed by atoms with Crippen molar-refractivity contribution in [2.24, 2.45) is 5.41 Å². The van der Waals surface area contributed by atoms with Crippen LogP contribution in [-0.4, -0.2) is 26.8 Å². The van der Waals surface area contributed by atoms with E-state index in [2.05, 4.69) is 19.2 Å². The van der Waals surface area contributed by atoms with E-state index in [1.54, 1.807) is 7.11 Å². The van der Waals surface area contributed by atoms with Gasteiger partial charge in [-0.3, -0.25) is 0 Å². The summed E-state index contributed by atoms with van der Waals surface area (Å²) in [6.45, 7) is 7.08. The summed E-state index contributed by atoms with van der Waals surface area (Å²) >= 11 is 12.4. The summed E-state index contributed by atoms with van der Waals surface area (Å²) in [7, 11) is 1.72. The Balaban J connectivity index is 2.71. The number of halogens is 2. The van der Waals surface area contributed by atoms with Gasteiger partial charge in [-0.2, -0.15) is 0 Å². The zero-order valence-corrected chi connectivity index (χ0v) is 14.2. The van der Waals surface area contributed by atoms with E-state index < -0.39 is 0 Å². The fraction of sp³-hybridized carbons (Fsp3) is 0.625. The first kappa shape index (κ1) is 17.8. The van der Waals surface area contributed by atoms with Gasteiger partial charge in [0.05, 0.1) is 6.61 Å². The third-order valence-electron chi connectivity index (χ3n) is 3.51. The molecule has 0 aliphatic carbocycles. The van der Waals surface area contributed by atoms with Crippen molar-refractivity contribution in [2.45, 2.75) is 33.1 Å². The van der Waals surface area contributed by atoms with Gasteiger partial charge in [-0.1, -0.05) is 43.5 Å². The van der Waals surface area contributed by atoms with Crippen molar-refractivity contribution in [2.75, 3.05) is 26.8 Å². The lowest BCUT2D eigenvalue weighted by Gasteiger charge is -2.30. The molecule has 20 heavy (non-hydrogen) atoms. The molecular weight excluding hydrogens is 293 g/mol. The maximum atomic E-state index is 6.29. The predicted molar refractivity (Wildman–Crippen MR) is 87.9 cm³/mol. The third-order valence-corrected chi connectivity index (χ3v) is 4.12. The molecule has 1 aromatic carbocycles. The van der Waals surface area contributed by atoms with E-state index in [9.17, 15) is 0 Å². The monoisotopic (exact) mass is 317 g/mol. The van der Waals surface area contributed by atoms with Crippen LogP contribution >= 0.6 is 23.2 Å². The molecule has 1 aromatic rings. The highest BCUT2D eigenvalue weighted by molar-refractivity contribution is 6.33. The van der Waals surface area contributed by atoms with Crippen molar-refractivity contribution < 1.29 is 4.74 Å². The molecule has 0 fully saturated rings. The molecule has 1 rings (SSSR count). The van der Waals surface area contributed by atoms with Crippen molar-refractivity contribution in [1.29, 1.82) is 0 Å². The SMILES string of the molecule is CCCC(C)(CNCCOC)Cc1cc(Cl)ccc1Cl. The molecule has 0 spiro atoms. The fourth-order valence-electron chi connectivity index (χ4n) is 2.55. The Labute approximate surface area is 132 Å². The van der Waals surface area contributed by atoms with Crippen LogP contribution in [0.5, 0.6) is 0 Å². The van der Waals surface area contributed by atoms with Gasteiger partial charge in [0.25, 0.3) is 0 Å². The van der Waals surface area contributed by atoms with E-state index in [4.69, 9.17) is 27.9 Å². The Hall–Kier alpha value is -0.280. The van der Waals surface area contributed by atoms with Crippen LogP contribution < -0.4 is 5.32 Å². The average Bonchev–Trinajstić information content (AvgIpc) is 2.39. The molecule has 1 N–H and O–H groups in total. The summed E-state index contributed by atoms with van der Waals surface area (Å²) in [5, 5.41) is 5.01. The summed E-state index contributed by atoms with van der Waals surface area (Å²) < 4.78 is 5.07. The molecule has 0 saturated heterocycles. The fourth-order valence-corrected chi connectivity index (χ4v) is 2.92. The van der Waals surface area contributed by atoms with Crippen LogP contribution in [0.1, 0.15) is 32.3 Å². The first-order chi connectivity index (χ1) is 9.50. The Morgan fingerprint density at radius 3 is 2.70 bits per heavy atom. The zero-order chi connectivity index (χ0) is 15.0. The first-order valence-electron chi connectivity index (χ1n) is 7.14.